The quantitative estimate of drug-likeness (QED) is 0.571. The van der Waals surface area contributed by atoms with Crippen LogP contribution in [-0.4, -0.2) is 42.9 Å². The van der Waals surface area contributed by atoms with Gasteiger partial charge in [0.2, 0.25) is 0 Å². The van der Waals surface area contributed by atoms with Crippen molar-refractivity contribution in [3.05, 3.63) is 35.9 Å². The summed E-state index contributed by atoms with van der Waals surface area (Å²) in [5.74, 6) is 0.778. The van der Waals surface area contributed by atoms with E-state index in [0.717, 1.165) is 50.9 Å². The van der Waals surface area contributed by atoms with Crippen molar-refractivity contribution < 1.29 is 9.59 Å². The number of primary amides is 1. The maximum atomic E-state index is 12.0. The molecule has 0 aromatic heterocycles. The molecule has 1 saturated heterocycles. The summed E-state index contributed by atoms with van der Waals surface area (Å²) < 4.78 is 0. The number of ketones is 1. The Morgan fingerprint density at radius 2 is 1.83 bits per heavy atom. The summed E-state index contributed by atoms with van der Waals surface area (Å²) in [6.45, 7) is 3.88. The number of carbonyl (C=O) groups is 2. The third kappa shape index (κ3) is 6.40. The van der Waals surface area contributed by atoms with E-state index in [1.54, 1.807) is 0 Å². The Bertz CT molecular complexity index is 496. The predicted molar refractivity (Wildman–Crippen MR) is 91.4 cm³/mol. The van der Waals surface area contributed by atoms with Gasteiger partial charge >= 0.3 is 6.03 Å². The molecule has 126 valence electrons. The van der Waals surface area contributed by atoms with E-state index in [1.165, 1.54) is 0 Å². The molecule has 1 aromatic carbocycles. The van der Waals surface area contributed by atoms with Gasteiger partial charge < -0.3 is 16.0 Å². The molecular weight excluding hydrogens is 290 g/mol. The molecule has 1 aliphatic rings. The first-order valence-corrected chi connectivity index (χ1v) is 8.49. The van der Waals surface area contributed by atoms with E-state index >= 15 is 0 Å². The molecule has 0 saturated carbocycles. The Balaban J connectivity index is 1.56. The second kappa shape index (κ2) is 9.30. The van der Waals surface area contributed by atoms with Crippen molar-refractivity contribution in [2.45, 2.75) is 32.1 Å². The summed E-state index contributed by atoms with van der Waals surface area (Å²) in [5.41, 5.74) is 5.91. The van der Waals surface area contributed by atoms with Crippen molar-refractivity contribution in [1.29, 1.82) is 0 Å². The van der Waals surface area contributed by atoms with Crippen LogP contribution in [0.1, 0.15) is 42.5 Å². The van der Waals surface area contributed by atoms with Crippen LogP contribution in [0.5, 0.6) is 0 Å². The zero-order chi connectivity index (χ0) is 16.5. The van der Waals surface area contributed by atoms with Crippen LogP contribution >= 0.6 is 0 Å². The third-order valence-corrected chi connectivity index (χ3v) is 4.50. The highest BCUT2D eigenvalue weighted by molar-refractivity contribution is 5.95. The van der Waals surface area contributed by atoms with Gasteiger partial charge in [0.25, 0.3) is 0 Å². The highest BCUT2D eigenvalue weighted by Gasteiger charge is 2.19. The van der Waals surface area contributed by atoms with Gasteiger partial charge in [-0.2, -0.15) is 0 Å². The van der Waals surface area contributed by atoms with Crippen molar-refractivity contribution in [2.24, 2.45) is 11.7 Å². The van der Waals surface area contributed by atoms with E-state index in [9.17, 15) is 9.59 Å². The van der Waals surface area contributed by atoms with Crippen LogP contribution in [0.3, 0.4) is 0 Å². The van der Waals surface area contributed by atoms with Crippen LogP contribution in [0, 0.1) is 5.92 Å². The molecule has 0 aliphatic carbocycles. The largest absolute Gasteiger partial charge is 0.352 e. The average molecular weight is 317 g/mol. The Kier molecular flexibility index (Phi) is 7.07. The minimum absolute atomic E-state index is 0.238. The van der Waals surface area contributed by atoms with Crippen molar-refractivity contribution in [3.63, 3.8) is 0 Å². The highest BCUT2D eigenvalue weighted by atomic mass is 16.2. The minimum atomic E-state index is -0.435. The average Bonchev–Trinajstić information content (AvgIpc) is 2.58. The fourth-order valence-corrected chi connectivity index (χ4v) is 3.05. The maximum absolute atomic E-state index is 12.0. The monoisotopic (exact) mass is 317 g/mol. The van der Waals surface area contributed by atoms with Gasteiger partial charge in [-0.1, -0.05) is 30.3 Å². The fourth-order valence-electron chi connectivity index (χ4n) is 3.05. The second-order valence-corrected chi connectivity index (χ2v) is 6.28. The number of nitrogens with two attached hydrogens (primary N) is 1. The van der Waals surface area contributed by atoms with Gasteiger partial charge in [-0.3, -0.25) is 4.79 Å². The molecule has 1 fully saturated rings. The van der Waals surface area contributed by atoms with Gasteiger partial charge in [-0.25, -0.2) is 4.79 Å². The number of likely N-dealkylation sites (tertiary alicyclic amines) is 1. The number of urea groups is 1. The molecule has 1 heterocycles. The van der Waals surface area contributed by atoms with Crippen LogP contribution < -0.4 is 11.1 Å². The number of hydrogen-bond donors (Lipinski definition) is 2. The Hall–Kier alpha value is -1.88. The Labute approximate surface area is 138 Å². The zero-order valence-corrected chi connectivity index (χ0v) is 13.7. The molecule has 1 aliphatic heterocycles. The van der Waals surface area contributed by atoms with Gasteiger partial charge in [0.05, 0.1) is 0 Å². The molecule has 0 unspecified atom stereocenters. The summed E-state index contributed by atoms with van der Waals surface area (Å²) in [5, 5.41) is 2.69. The molecular formula is C18H27N3O2. The summed E-state index contributed by atoms with van der Waals surface area (Å²) in [4.78, 5) is 25.2. The van der Waals surface area contributed by atoms with Crippen LogP contribution in [0.2, 0.25) is 0 Å². The lowest BCUT2D eigenvalue weighted by Crippen LogP contribution is -2.40. The Morgan fingerprint density at radius 3 is 2.48 bits per heavy atom. The van der Waals surface area contributed by atoms with Gasteiger partial charge in [0.15, 0.2) is 5.78 Å². The Morgan fingerprint density at radius 1 is 1.13 bits per heavy atom. The maximum Gasteiger partial charge on any atom is 0.312 e. The lowest BCUT2D eigenvalue weighted by molar-refractivity contribution is 0.0976. The van der Waals surface area contributed by atoms with E-state index < -0.39 is 6.03 Å². The van der Waals surface area contributed by atoms with E-state index in [1.807, 2.05) is 30.3 Å². The van der Waals surface area contributed by atoms with Gasteiger partial charge in [0.1, 0.15) is 0 Å². The van der Waals surface area contributed by atoms with E-state index in [0.29, 0.717) is 18.9 Å². The number of carbonyl (C=O) groups excluding carboxylic acids is 2. The number of Topliss-reactive ketones (excluding diaryl/α,β-unsaturated/α-hetero) is 1. The first kappa shape index (κ1) is 17.5. The summed E-state index contributed by atoms with van der Waals surface area (Å²) in [6, 6.07) is 9.07. The van der Waals surface area contributed by atoms with Crippen molar-refractivity contribution in [2.75, 3.05) is 26.2 Å². The number of nitrogens with zero attached hydrogens (tertiary/aromatic N) is 1. The number of piperidine rings is 1. The van der Waals surface area contributed by atoms with Gasteiger partial charge in [-0.05, 0) is 51.2 Å². The second-order valence-electron chi connectivity index (χ2n) is 6.28. The highest BCUT2D eigenvalue weighted by Crippen LogP contribution is 2.17. The minimum Gasteiger partial charge on any atom is -0.352 e. The van der Waals surface area contributed by atoms with Gasteiger partial charge in [0, 0.05) is 18.5 Å². The predicted octanol–water partition coefficient (Wildman–Crippen LogP) is 2.42. The molecule has 5 nitrogen and oxygen atoms in total. The molecule has 0 bridgehead atoms. The topological polar surface area (TPSA) is 75.4 Å². The van der Waals surface area contributed by atoms with E-state index in [2.05, 4.69) is 10.2 Å². The van der Waals surface area contributed by atoms with Crippen molar-refractivity contribution >= 4 is 11.8 Å². The summed E-state index contributed by atoms with van der Waals surface area (Å²) in [7, 11) is 0. The molecule has 0 spiro atoms. The molecule has 3 N–H and O–H groups in total. The smallest absolute Gasteiger partial charge is 0.312 e. The fraction of sp³-hybridized carbons (Fsp3) is 0.556. The van der Waals surface area contributed by atoms with Crippen LogP contribution in [0.4, 0.5) is 4.79 Å². The normalized spacial score (nSPS) is 16.2. The first-order chi connectivity index (χ1) is 11.1. The lowest BCUT2D eigenvalue weighted by atomic mass is 9.96. The summed E-state index contributed by atoms with van der Waals surface area (Å²) >= 11 is 0. The molecule has 2 rings (SSSR count). The SMILES string of the molecule is NC(=O)NCC1CCN(CCCCC(=O)c2ccccc2)CC1. The molecule has 0 radical (unpaired) electrons. The van der Waals surface area contributed by atoms with Crippen LogP contribution in [0.25, 0.3) is 0 Å². The number of nitrogens with one attached hydrogen (secondary N) is 1. The summed E-state index contributed by atoms with van der Waals surface area (Å²) in [6.07, 6.45) is 4.83. The van der Waals surface area contributed by atoms with Crippen LogP contribution in [-0.2, 0) is 0 Å². The van der Waals surface area contributed by atoms with E-state index in [4.69, 9.17) is 5.73 Å². The third-order valence-electron chi connectivity index (χ3n) is 4.50. The molecule has 23 heavy (non-hydrogen) atoms. The van der Waals surface area contributed by atoms with Crippen molar-refractivity contribution in [3.8, 4) is 0 Å². The number of hydrogen-bond acceptors (Lipinski definition) is 3. The zero-order valence-electron chi connectivity index (χ0n) is 13.7. The standard InChI is InChI=1S/C18H27N3O2/c19-18(23)20-14-15-9-12-21(13-10-15)11-5-4-8-17(22)16-6-2-1-3-7-16/h1-3,6-7,15H,4-5,8-14H2,(H3,19,20,23). The first-order valence-electron chi connectivity index (χ1n) is 8.49. The van der Waals surface area contributed by atoms with Crippen molar-refractivity contribution in [1.82, 2.24) is 10.2 Å². The molecule has 2 amide bonds. The lowest BCUT2D eigenvalue weighted by Gasteiger charge is -2.31. The van der Waals surface area contributed by atoms with E-state index in [-0.39, 0.29) is 5.78 Å². The van der Waals surface area contributed by atoms with Crippen LogP contribution in [0.15, 0.2) is 30.3 Å². The number of rotatable bonds is 8. The number of unbranched alkanes of at least 4 members (excludes halogenated alkanes) is 1. The molecule has 5 heteroatoms. The molecule has 1 aromatic rings. The number of benzene rings is 1. The number of amides is 2. The molecule has 0 atom stereocenters. The van der Waals surface area contributed by atoms with Gasteiger partial charge in [-0.15, -0.1) is 0 Å².